The van der Waals surface area contributed by atoms with Gasteiger partial charge in [0.1, 0.15) is 5.02 Å². The average Bonchev–Trinajstić information content (AvgIpc) is 2.96. The second-order valence-electron chi connectivity index (χ2n) is 6.36. The minimum Gasteiger partial charge on any atom is -0.449 e. The van der Waals surface area contributed by atoms with Crippen LogP contribution in [-0.2, 0) is 16.0 Å². The summed E-state index contributed by atoms with van der Waals surface area (Å²) in [5.41, 5.74) is 1.43. The van der Waals surface area contributed by atoms with Gasteiger partial charge in [0.15, 0.2) is 6.10 Å². The Morgan fingerprint density at radius 1 is 1.30 bits per heavy atom. The molecule has 0 spiro atoms. The predicted octanol–water partition coefficient (Wildman–Crippen LogP) is 3.77. The number of rotatable bonds is 4. The van der Waals surface area contributed by atoms with Gasteiger partial charge in [0.25, 0.3) is 11.6 Å². The van der Waals surface area contributed by atoms with Crippen LogP contribution in [0.15, 0.2) is 42.5 Å². The number of para-hydroxylation sites is 1. The molecule has 0 N–H and O–H groups in total. The second-order valence-corrected chi connectivity index (χ2v) is 6.77. The van der Waals surface area contributed by atoms with Gasteiger partial charge in [0.2, 0.25) is 0 Å². The molecule has 3 rings (SSSR count). The van der Waals surface area contributed by atoms with Gasteiger partial charge in [-0.1, -0.05) is 29.8 Å². The van der Waals surface area contributed by atoms with Crippen LogP contribution in [0.3, 0.4) is 0 Å². The van der Waals surface area contributed by atoms with Crippen molar-refractivity contribution in [3.63, 3.8) is 0 Å². The third-order valence-corrected chi connectivity index (χ3v) is 4.77. The number of nitro benzene ring substituents is 1. The Morgan fingerprint density at radius 3 is 2.70 bits per heavy atom. The standard InChI is InChI=1S/C19H17ClN2O5/c1-11-9-13-5-3-4-6-16(13)21(11)18(23)12(2)27-19(24)14-7-8-15(20)17(10-14)22(25)26/h3-8,10-12H,9H2,1-2H3/t11-,12+/m0/s1. The van der Waals surface area contributed by atoms with Crippen molar-refractivity contribution in [3.05, 3.63) is 68.7 Å². The van der Waals surface area contributed by atoms with Gasteiger partial charge in [-0.05, 0) is 44.0 Å². The first-order valence-corrected chi connectivity index (χ1v) is 8.73. The Labute approximate surface area is 160 Å². The first-order valence-electron chi connectivity index (χ1n) is 8.35. The van der Waals surface area contributed by atoms with E-state index in [9.17, 15) is 19.7 Å². The molecule has 2 aromatic carbocycles. The summed E-state index contributed by atoms with van der Waals surface area (Å²) < 4.78 is 5.25. The zero-order chi connectivity index (χ0) is 19.7. The number of fused-ring (bicyclic) bond motifs is 1. The summed E-state index contributed by atoms with van der Waals surface area (Å²) in [5, 5.41) is 10.9. The Kier molecular flexibility index (Phi) is 5.14. The molecule has 1 aliphatic heterocycles. The largest absolute Gasteiger partial charge is 0.449 e. The molecule has 0 bridgehead atoms. The third-order valence-electron chi connectivity index (χ3n) is 4.45. The van der Waals surface area contributed by atoms with Crippen molar-refractivity contribution in [2.24, 2.45) is 0 Å². The van der Waals surface area contributed by atoms with E-state index in [1.165, 1.54) is 19.1 Å². The molecule has 0 unspecified atom stereocenters. The van der Waals surface area contributed by atoms with Crippen LogP contribution in [0.2, 0.25) is 5.02 Å². The molecule has 0 aromatic heterocycles. The number of benzene rings is 2. The highest BCUT2D eigenvalue weighted by Gasteiger charge is 2.34. The molecule has 0 radical (unpaired) electrons. The van der Waals surface area contributed by atoms with Gasteiger partial charge in [-0.15, -0.1) is 0 Å². The van der Waals surface area contributed by atoms with Crippen LogP contribution in [0.5, 0.6) is 0 Å². The van der Waals surface area contributed by atoms with E-state index >= 15 is 0 Å². The molecule has 0 fully saturated rings. The number of anilines is 1. The van der Waals surface area contributed by atoms with Gasteiger partial charge in [0, 0.05) is 17.8 Å². The summed E-state index contributed by atoms with van der Waals surface area (Å²) >= 11 is 5.75. The quantitative estimate of drug-likeness (QED) is 0.451. The van der Waals surface area contributed by atoms with E-state index in [4.69, 9.17) is 16.3 Å². The van der Waals surface area contributed by atoms with E-state index in [1.54, 1.807) is 4.90 Å². The highest BCUT2D eigenvalue weighted by molar-refractivity contribution is 6.32. The van der Waals surface area contributed by atoms with Crippen molar-refractivity contribution < 1.29 is 19.2 Å². The molecule has 7 nitrogen and oxygen atoms in total. The molecule has 8 heteroatoms. The van der Waals surface area contributed by atoms with E-state index in [1.807, 2.05) is 31.2 Å². The molecule has 0 aliphatic carbocycles. The van der Waals surface area contributed by atoms with Crippen molar-refractivity contribution in [3.8, 4) is 0 Å². The Bertz CT molecular complexity index is 930. The molecule has 2 atom stereocenters. The normalized spacial score (nSPS) is 16.6. The summed E-state index contributed by atoms with van der Waals surface area (Å²) in [6, 6.07) is 11.1. The summed E-state index contributed by atoms with van der Waals surface area (Å²) in [6.07, 6.45) is -0.313. The van der Waals surface area contributed by atoms with Crippen molar-refractivity contribution in [2.45, 2.75) is 32.4 Å². The molecule has 0 saturated heterocycles. The summed E-state index contributed by atoms with van der Waals surface area (Å²) in [4.78, 5) is 37.1. The number of ether oxygens (including phenoxy) is 1. The molecule has 27 heavy (non-hydrogen) atoms. The van der Waals surface area contributed by atoms with Gasteiger partial charge in [-0.2, -0.15) is 0 Å². The molecule has 1 aliphatic rings. The molecule has 140 valence electrons. The summed E-state index contributed by atoms with van der Waals surface area (Å²) in [7, 11) is 0. The molecular weight excluding hydrogens is 372 g/mol. The van der Waals surface area contributed by atoms with Gasteiger partial charge in [-0.3, -0.25) is 14.9 Å². The van der Waals surface area contributed by atoms with E-state index in [0.29, 0.717) is 0 Å². The highest BCUT2D eigenvalue weighted by Crippen LogP contribution is 2.32. The van der Waals surface area contributed by atoms with Crippen LogP contribution in [-0.4, -0.2) is 28.9 Å². The van der Waals surface area contributed by atoms with Gasteiger partial charge >= 0.3 is 5.97 Å². The first-order chi connectivity index (χ1) is 12.8. The number of carbonyl (C=O) groups excluding carboxylic acids is 2. The molecular formula is C19H17ClN2O5. The van der Waals surface area contributed by atoms with Crippen LogP contribution in [0.4, 0.5) is 11.4 Å². The SMILES string of the molecule is C[C@@H](OC(=O)c1ccc(Cl)c([N+](=O)[O-])c1)C(=O)N1c2ccccc2C[C@@H]1C. The van der Waals surface area contributed by atoms with E-state index in [-0.39, 0.29) is 22.5 Å². The number of amides is 1. The lowest BCUT2D eigenvalue weighted by Crippen LogP contribution is -2.43. The van der Waals surface area contributed by atoms with Crippen LogP contribution in [0.1, 0.15) is 29.8 Å². The van der Waals surface area contributed by atoms with Crippen LogP contribution in [0, 0.1) is 10.1 Å². The lowest BCUT2D eigenvalue weighted by Gasteiger charge is -2.25. The number of nitrogens with zero attached hydrogens (tertiary/aromatic N) is 2. The molecule has 1 heterocycles. The average molecular weight is 389 g/mol. The lowest BCUT2D eigenvalue weighted by molar-refractivity contribution is -0.384. The molecule has 1 amide bonds. The number of hydrogen-bond acceptors (Lipinski definition) is 5. The summed E-state index contributed by atoms with van der Waals surface area (Å²) in [5.74, 6) is -1.17. The van der Waals surface area contributed by atoms with Crippen molar-refractivity contribution in [1.29, 1.82) is 0 Å². The van der Waals surface area contributed by atoms with E-state index in [2.05, 4.69) is 0 Å². The second kappa shape index (κ2) is 7.36. The number of hydrogen-bond donors (Lipinski definition) is 0. The zero-order valence-electron chi connectivity index (χ0n) is 14.7. The van der Waals surface area contributed by atoms with E-state index in [0.717, 1.165) is 23.7 Å². The number of halogens is 1. The van der Waals surface area contributed by atoms with E-state index < -0.39 is 22.7 Å². The Hall–Kier alpha value is -2.93. The molecule has 2 aromatic rings. The van der Waals surface area contributed by atoms with Crippen molar-refractivity contribution in [1.82, 2.24) is 0 Å². The van der Waals surface area contributed by atoms with Crippen LogP contribution >= 0.6 is 11.6 Å². The van der Waals surface area contributed by atoms with Crippen LogP contribution in [0.25, 0.3) is 0 Å². The van der Waals surface area contributed by atoms with Gasteiger partial charge in [-0.25, -0.2) is 4.79 Å². The predicted molar refractivity (Wildman–Crippen MR) is 100 cm³/mol. The fourth-order valence-electron chi connectivity index (χ4n) is 3.16. The number of carbonyl (C=O) groups is 2. The fraction of sp³-hybridized carbons (Fsp3) is 0.263. The molecule has 0 saturated carbocycles. The van der Waals surface area contributed by atoms with Gasteiger partial charge < -0.3 is 9.64 Å². The monoisotopic (exact) mass is 388 g/mol. The number of nitro groups is 1. The Balaban J connectivity index is 1.76. The maximum Gasteiger partial charge on any atom is 0.339 e. The lowest BCUT2D eigenvalue weighted by atomic mass is 10.1. The Morgan fingerprint density at radius 2 is 2.00 bits per heavy atom. The van der Waals surface area contributed by atoms with Gasteiger partial charge in [0.05, 0.1) is 10.5 Å². The fourth-order valence-corrected chi connectivity index (χ4v) is 3.34. The highest BCUT2D eigenvalue weighted by atomic mass is 35.5. The maximum absolute atomic E-state index is 12.8. The van der Waals surface area contributed by atoms with Crippen molar-refractivity contribution in [2.75, 3.05) is 4.90 Å². The van der Waals surface area contributed by atoms with Crippen LogP contribution < -0.4 is 4.90 Å². The smallest absolute Gasteiger partial charge is 0.339 e. The summed E-state index contributed by atoms with van der Waals surface area (Å²) in [6.45, 7) is 3.41. The third kappa shape index (κ3) is 3.64. The zero-order valence-corrected chi connectivity index (χ0v) is 15.5. The minimum absolute atomic E-state index is 0.0411. The first kappa shape index (κ1) is 18.8. The minimum atomic E-state index is -1.04. The number of esters is 1. The van der Waals surface area contributed by atoms with Crippen molar-refractivity contribution >= 4 is 34.9 Å². The topological polar surface area (TPSA) is 89.7 Å². The maximum atomic E-state index is 12.8.